The third-order valence-corrected chi connectivity index (χ3v) is 7.37. The molecule has 3 aromatic heterocycles. The number of hydrogen-bond acceptors (Lipinski definition) is 8. The van der Waals surface area contributed by atoms with E-state index >= 15 is 0 Å². The summed E-state index contributed by atoms with van der Waals surface area (Å²) in [6.07, 6.45) is 2.45. The number of furan rings is 1. The van der Waals surface area contributed by atoms with Gasteiger partial charge in [-0.15, -0.1) is 5.10 Å². The van der Waals surface area contributed by atoms with Gasteiger partial charge in [0.05, 0.1) is 23.9 Å². The Morgan fingerprint density at radius 2 is 1.85 bits per heavy atom. The largest absolute Gasteiger partial charge is 0.468 e. The second kappa shape index (κ2) is 10.0. The number of pyridine rings is 1. The maximum absolute atomic E-state index is 13.8. The SMILES string of the molecule is CCC(C)(C)n1nnnc1[C@@H](c1cc2cc3c(cc2[nH]c1=O)OCO3)N(Cc1ccccc1)Cc1ccco1. The third kappa shape index (κ3) is 4.79. The second-order valence-electron chi connectivity index (χ2n) is 10.3. The van der Waals surface area contributed by atoms with Crippen LogP contribution < -0.4 is 15.0 Å². The lowest BCUT2D eigenvalue weighted by atomic mass is 9.98. The summed E-state index contributed by atoms with van der Waals surface area (Å²) in [4.78, 5) is 19.0. The summed E-state index contributed by atoms with van der Waals surface area (Å²) < 4.78 is 18.7. The molecule has 10 heteroatoms. The molecule has 0 radical (unpaired) electrons. The van der Waals surface area contributed by atoms with Gasteiger partial charge in [-0.25, -0.2) is 4.68 Å². The predicted molar refractivity (Wildman–Crippen MR) is 144 cm³/mol. The normalized spacial score (nSPS) is 13.8. The average molecular weight is 527 g/mol. The van der Waals surface area contributed by atoms with E-state index in [1.807, 2.05) is 47.1 Å². The van der Waals surface area contributed by atoms with Crippen molar-refractivity contribution in [3.8, 4) is 11.5 Å². The Morgan fingerprint density at radius 1 is 1.05 bits per heavy atom. The van der Waals surface area contributed by atoms with Gasteiger partial charge in [0.2, 0.25) is 6.79 Å². The zero-order valence-electron chi connectivity index (χ0n) is 22.1. The number of benzene rings is 2. The molecule has 0 saturated carbocycles. The van der Waals surface area contributed by atoms with Crippen molar-refractivity contribution in [2.45, 2.75) is 51.9 Å². The number of tetrazole rings is 1. The second-order valence-corrected chi connectivity index (χ2v) is 10.3. The Balaban J connectivity index is 1.56. The average Bonchev–Trinajstić information content (AvgIpc) is 3.71. The first-order chi connectivity index (χ1) is 18.9. The Hall–Kier alpha value is -4.44. The first kappa shape index (κ1) is 24.9. The van der Waals surface area contributed by atoms with Crippen LogP contribution in [-0.4, -0.2) is 36.9 Å². The smallest absolute Gasteiger partial charge is 0.253 e. The number of nitrogens with zero attached hydrogens (tertiary/aromatic N) is 5. The molecule has 1 aliphatic rings. The van der Waals surface area contributed by atoms with E-state index < -0.39 is 6.04 Å². The molecule has 4 heterocycles. The molecule has 5 aromatic rings. The van der Waals surface area contributed by atoms with E-state index in [2.05, 4.69) is 58.3 Å². The molecule has 200 valence electrons. The van der Waals surface area contributed by atoms with E-state index in [-0.39, 0.29) is 17.9 Å². The number of hydrogen-bond donors (Lipinski definition) is 1. The summed E-state index contributed by atoms with van der Waals surface area (Å²) >= 11 is 0. The fourth-order valence-electron chi connectivity index (χ4n) is 4.92. The van der Waals surface area contributed by atoms with Crippen LogP contribution in [0.1, 0.15) is 55.9 Å². The molecule has 6 rings (SSSR count). The number of aromatic nitrogens is 5. The standard InChI is InChI=1S/C29H30N6O4/c1-4-29(2,3)35-27(31-32-33-35)26(34(17-21-11-8-12-37-21)16-19-9-6-5-7-10-19)22-13-20-14-24-25(39-18-38-24)15-23(20)30-28(22)36/h5-15,26H,4,16-18H2,1-3H3,(H,30,36)/t26-/m1/s1. The Bertz CT molecular complexity index is 1640. The van der Waals surface area contributed by atoms with Crippen molar-refractivity contribution in [3.05, 3.63) is 100.0 Å². The summed E-state index contributed by atoms with van der Waals surface area (Å²) in [7, 11) is 0. The van der Waals surface area contributed by atoms with Crippen LogP contribution in [0.2, 0.25) is 0 Å². The molecule has 0 unspecified atom stereocenters. The first-order valence-electron chi connectivity index (χ1n) is 13.0. The minimum atomic E-state index is -0.588. The van der Waals surface area contributed by atoms with E-state index in [0.717, 1.165) is 23.1 Å². The van der Waals surface area contributed by atoms with Gasteiger partial charge in [0.15, 0.2) is 17.3 Å². The first-order valence-corrected chi connectivity index (χ1v) is 13.0. The zero-order valence-corrected chi connectivity index (χ0v) is 22.1. The lowest BCUT2D eigenvalue weighted by molar-refractivity contribution is 0.168. The van der Waals surface area contributed by atoms with Gasteiger partial charge in [0.25, 0.3) is 5.56 Å². The van der Waals surface area contributed by atoms with E-state index in [0.29, 0.717) is 41.5 Å². The highest BCUT2D eigenvalue weighted by atomic mass is 16.7. The van der Waals surface area contributed by atoms with E-state index in [1.165, 1.54) is 0 Å². The third-order valence-electron chi connectivity index (χ3n) is 7.37. The van der Waals surface area contributed by atoms with Crippen LogP contribution in [0, 0.1) is 0 Å². The summed E-state index contributed by atoms with van der Waals surface area (Å²) in [6, 6.07) is 18.9. The van der Waals surface area contributed by atoms with Crippen molar-refractivity contribution in [3.63, 3.8) is 0 Å². The van der Waals surface area contributed by atoms with Crippen molar-refractivity contribution in [2.75, 3.05) is 6.79 Å². The van der Waals surface area contributed by atoms with Crippen LogP contribution in [-0.2, 0) is 18.6 Å². The van der Waals surface area contributed by atoms with Gasteiger partial charge in [-0.05, 0) is 60.5 Å². The van der Waals surface area contributed by atoms with Gasteiger partial charge in [-0.1, -0.05) is 37.3 Å². The molecule has 10 nitrogen and oxygen atoms in total. The van der Waals surface area contributed by atoms with Gasteiger partial charge in [0, 0.05) is 23.6 Å². The van der Waals surface area contributed by atoms with E-state index in [1.54, 1.807) is 12.3 Å². The number of rotatable bonds is 9. The Kier molecular flexibility index (Phi) is 6.40. The molecule has 0 fully saturated rings. The molecule has 1 atom stereocenters. The molecule has 2 aromatic carbocycles. The van der Waals surface area contributed by atoms with Crippen LogP contribution in [0.15, 0.2) is 76.1 Å². The van der Waals surface area contributed by atoms with Gasteiger partial charge >= 0.3 is 0 Å². The number of nitrogens with one attached hydrogen (secondary N) is 1. The maximum atomic E-state index is 13.8. The fraction of sp³-hybridized carbons (Fsp3) is 0.310. The topological polar surface area (TPSA) is 111 Å². The van der Waals surface area contributed by atoms with Crippen LogP contribution in [0.5, 0.6) is 11.5 Å². The molecular formula is C29H30N6O4. The summed E-state index contributed by atoms with van der Waals surface area (Å²) in [5.41, 5.74) is 1.67. The molecule has 0 bridgehead atoms. The minimum absolute atomic E-state index is 0.153. The molecule has 39 heavy (non-hydrogen) atoms. The zero-order chi connectivity index (χ0) is 27.0. The highest BCUT2D eigenvalue weighted by Crippen LogP contribution is 2.37. The monoisotopic (exact) mass is 526 g/mol. The quantitative estimate of drug-likeness (QED) is 0.292. The summed E-state index contributed by atoms with van der Waals surface area (Å²) in [5, 5.41) is 13.8. The van der Waals surface area contributed by atoms with Crippen LogP contribution in [0.3, 0.4) is 0 Å². The molecule has 0 saturated heterocycles. The van der Waals surface area contributed by atoms with E-state index in [9.17, 15) is 4.79 Å². The molecule has 0 aliphatic carbocycles. The molecule has 0 spiro atoms. The van der Waals surface area contributed by atoms with E-state index in [4.69, 9.17) is 13.9 Å². The van der Waals surface area contributed by atoms with Gasteiger partial charge in [-0.2, -0.15) is 0 Å². The number of H-pyrrole nitrogens is 1. The van der Waals surface area contributed by atoms with Crippen molar-refractivity contribution in [1.29, 1.82) is 0 Å². The lowest BCUT2D eigenvalue weighted by Crippen LogP contribution is -2.38. The Morgan fingerprint density at radius 3 is 2.59 bits per heavy atom. The van der Waals surface area contributed by atoms with Crippen molar-refractivity contribution < 1.29 is 13.9 Å². The highest BCUT2D eigenvalue weighted by Gasteiger charge is 2.35. The fourth-order valence-corrected chi connectivity index (χ4v) is 4.92. The van der Waals surface area contributed by atoms with Crippen LogP contribution >= 0.6 is 0 Å². The number of fused-ring (bicyclic) bond motifs is 2. The lowest BCUT2D eigenvalue weighted by Gasteiger charge is -2.33. The number of ether oxygens (including phenoxy) is 2. The minimum Gasteiger partial charge on any atom is -0.468 e. The molecule has 1 aliphatic heterocycles. The van der Waals surface area contributed by atoms with Gasteiger partial charge < -0.3 is 18.9 Å². The van der Waals surface area contributed by atoms with Crippen molar-refractivity contribution in [1.82, 2.24) is 30.1 Å². The van der Waals surface area contributed by atoms with Crippen molar-refractivity contribution in [2.24, 2.45) is 0 Å². The summed E-state index contributed by atoms with van der Waals surface area (Å²) in [6.45, 7) is 7.39. The maximum Gasteiger partial charge on any atom is 0.253 e. The predicted octanol–water partition coefficient (Wildman–Crippen LogP) is 4.77. The van der Waals surface area contributed by atoms with Crippen molar-refractivity contribution >= 4 is 10.9 Å². The highest BCUT2D eigenvalue weighted by molar-refractivity contribution is 5.83. The molecule has 0 amide bonds. The van der Waals surface area contributed by atoms with Crippen LogP contribution in [0.4, 0.5) is 0 Å². The molecule has 1 N–H and O–H groups in total. The van der Waals surface area contributed by atoms with Gasteiger partial charge in [-0.3, -0.25) is 9.69 Å². The number of aromatic amines is 1. The van der Waals surface area contributed by atoms with Gasteiger partial charge in [0.1, 0.15) is 11.8 Å². The van der Waals surface area contributed by atoms with Crippen LogP contribution in [0.25, 0.3) is 10.9 Å². The molecular weight excluding hydrogens is 496 g/mol. The Labute approximate surface area is 225 Å². The summed E-state index contributed by atoms with van der Waals surface area (Å²) in [5.74, 6) is 2.60.